The Morgan fingerprint density at radius 1 is 1.27 bits per heavy atom. The maximum absolute atomic E-state index is 10.7. The fourth-order valence-electron chi connectivity index (χ4n) is 1.60. The van der Waals surface area contributed by atoms with Crippen LogP contribution in [0, 0.1) is 5.92 Å². The van der Waals surface area contributed by atoms with Crippen molar-refractivity contribution in [3.8, 4) is 0 Å². The molecule has 0 aliphatic heterocycles. The predicted octanol–water partition coefficient (Wildman–Crippen LogP) is 1.03. The lowest BCUT2D eigenvalue weighted by Crippen LogP contribution is -2.32. The van der Waals surface area contributed by atoms with Gasteiger partial charge in [0.1, 0.15) is 0 Å². The second-order valence-electron chi connectivity index (χ2n) is 4.68. The molecule has 0 bridgehead atoms. The quantitative estimate of drug-likeness (QED) is 0.718. The summed E-state index contributed by atoms with van der Waals surface area (Å²) in [6, 6.07) is 0.491. The predicted molar refractivity (Wildman–Crippen MR) is 64.1 cm³/mol. The summed E-state index contributed by atoms with van der Waals surface area (Å²) in [6.45, 7) is 7.32. The van der Waals surface area contributed by atoms with E-state index >= 15 is 0 Å². The molecular weight excluding hydrogens is 212 g/mol. The molecule has 0 radical (unpaired) electrons. The first-order valence-corrected chi connectivity index (χ1v) is 7.14. The molecule has 0 aromatic rings. The smallest absolute Gasteiger partial charge is 0.209 e. The lowest BCUT2D eigenvalue weighted by molar-refractivity contribution is 0.229. The number of rotatable bonds is 7. The van der Waals surface area contributed by atoms with E-state index in [9.17, 15) is 8.42 Å². The summed E-state index contributed by atoms with van der Waals surface area (Å²) in [5.74, 6) is 0.742. The highest BCUT2D eigenvalue weighted by Crippen LogP contribution is 2.09. The zero-order valence-corrected chi connectivity index (χ0v) is 11.0. The van der Waals surface area contributed by atoms with Crippen LogP contribution in [-0.2, 0) is 10.0 Å². The molecule has 0 spiro atoms. The third-order valence-corrected chi connectivity index (χ3v) is 3.36. The average Bonchev–Trinajstić information content (AvgIpc) is 2.00. The average molecular weight is 236 g/mol. The molecule has 0 aliphatic rings. The van der Waals surface area contributed by atoms with Gasteiger partial charge in [0.25, 0.3) is 0 Å². The van der Waals surface area contributed by atoms with Crippen molar-refractivity contribution in [2.24, 2.45) is 11.1 Å². The number of nitrogens with two attached hydrogens (primary N) is 1. The molecule has 1 unspecified atom stereocenters. The summed E-state index contributed by atoms with van der Waals surface area (Å²) in [6.07, 6.45) is 1.74. The van der Waals surface area contributed by atoms with E-state index in [1.165, 1.54) is 0 Å². The van der Waals surface area contributed by atoms with Crippen LogP contribution in [0.1, 0.15) is 33.6 Å². The molecule has 0 fully saturated rings. The lowest BCUT2D eigenvalue weighted by atomic mass is 10.0. The highest BCUT2D eigenvalue weighted by Gasteiger charge is 2.11. The van der Waals surface area contributed by atoms with Crippen LogP contribution >= 0.6 is 0 Å². The van der Waals surface area contributed by atoms with Crippen molar-refractivity contribution in [2.45, 2.75) is 39.7 Å². The Morgan fingerprint density at radius 2 is 1.80 bits per heavy atom. The molecule has 15 heavy (non-hydrogen) atoms. The Labute approximate surface area is 93.9 Å². The topological polar surface area (TPSA) is 63.4 Å². The third kappa shape index (κ3) is 8.84. The van der Waals surface area contributed by atoms with Crippen molar-refractivity contribution in [2.75, 3.05) is 19.3 Å². The molecule has 0 aromatic heterocycles. The molecule has 0 heterocycles. The zero-order valence-electron chi connectivity index (χ0n) is 10.2. The van der Waals surface area contributed by atoms with Crippen LogP contribution in [0.15, 0.2) is 0 Å². The number of primary sulfonamides is 1. The van der Waals surface area contributed by atoms with Crippen molar-refractivity contribution >= 4 is 10.0 Å². The van der Waals surface area contributed by atoms with Crippen LogP contribution < -0.4 is 5.14 Å². The minimum atomic E-state index is -3.30. The van der Waals surface area contributed by atoms with Crippen LogP contribution in [0.2, 0.25) is 0 Å². The maximum Gasteiger partial charge on any atom is 0.209 e. The molecule has 0 amide bonds. The lowest BCUT2D eigenvalue weighted by Gasteiger charge is -2.25. The highest BCUT2D eigenvalue weighted by atomic mass is 32.2. The van der Waals surface area contributed by atoms with Gasteiger partial charge in [-0.3, -0.25) is 0 Å². The molecule has 0 aliphatic carbocycles. The zero-order chi connectivity index (χ0) is 12.1. The summed E-state index contributed by atoms with van der Waals surface area (Å²) in [5.41, 5.74) is 0. The molecular formula is C10H24N2O2S. The van der Waals surface area contributed by atoms with Crippen LogP contribution in [0.4, 0.5) is 0 Å². The van der Waals surface area contributed by atoms with E-state index in [0.717, 1.165) is 13.0 Å². The highest BCUT2D eigenvalue weighted by molar-refractivity contribution is 7.89. The summed E-state index contributed by atoms with van der Waals surface area (Å²) in [4.78, 5) is 2.19. The second kappa shape index (κ2) is 6.45. The number of sulfonamides is 1. The summed E-state index contributed by atoms with van der Waals surface area (Å²) >= 11 is 0. The SMILES string of the molecule is CC(C)CC(C)N(C)CCCS(N)(=O)=O. The molecule has 0 saturated carbocycles. The minimum Gasteiger partial charge on any atom is -0.304 e. The van der Waals surface area contributed by atoms with Crippen molar-refractivity contribution in [3.05, 3.63) is 0 Å². The largest absolute Gasteiger partial charge is 0.304 e. The van der Waals surface area contributed by atoms with Gasteiger partial charge in [0.2, 0.25) is 10.0 Å². The molecule has 5 heteroatoms. The van der Waals surface area contributed by atoms with Crippen molar-refractivity contribution < 1.29 is 8.42 Å². The van der Waals surface area contributed by atoms with E-state index in [0.29, 0.717) is 18.4 Å². The number of hydrogen-bond acceptors (Lipinski definition) is 3. The Kier molecular flexibility index (Phi) is 6.40. The summed E-state index contributed by atoms with van der Waals surface area (Å²) in [7, 11) is -1.27. The van der Waals surface area contributed by atoms with Gasteiger partial charge in [-0.25, -0.2) is 13.6 Å². The standard InChI is InChI=1S/C10H24N2O2S/c1-9(2)8-10(3)12(4)6-5-7-15(11,13)14/h9-10H,5-8H2,1-4H3,(H2,11,13,14). The van der Waals surface area contributed by atoms with Crippen LogP contribution in [0.5, 0.6) is 0 Å². The van der Waals surface area contributed by atoms with Gasteiger partial charge >= 0.3 is 0 Å². The molecule has 0 rings (SSSR count). The maximum atomic E-state index is 10.7. The van der Waals surface area contributed by atoms with Gasteiger partial charge in [-0.2, -0.15) is 0 Å². The Bertz CT molecular complexity index is 263. The van der Waals surface area contributed by atoms with E-state index in [2.05, 4.69) is 25.7 Å². The first-order chi connectivity index (χ1) is 6.72. The summed E-state index contributed by atoms with van der Waals surface area (Å²) < 4.78 is 21.4. The minimum absolute atomic E-state index is 0.0751. The third-order valence-electron chi connectivity index (χ3n) is 2.50. The Balaban J connectivity index is 3.78. The Hall–Kier alpha value is -0.130. The molecule has 2 N–H and O–H groups in total. The van der Waals surface area contributed by atoms with Gasteiger partial charge < -0.3 is 4.90 Å². The first-order valence-electron chi connectivity index (χ1n) is 5.43. The van der Waals surface area contributed by atoms with E-state index in [1.807, 2.05) is 7.05 Å². The molecule has 0 saturated heterocycles. The van der Waals surface area contributed by atoms with Gasteiger partial charge in [-0.15, -0.1) is 0 Å². The number of hydrogen-bond donors (Lipinski definition) is 1. The monoisotopic (exact) mass is 236 g/mol. The van der Waals surface area contributed by atoms with E-state index in [-0.39, 0.29) is 5.75 Å². The van der Waals surface area contributed by atoms with Gasteiger partial charge in [0, 0.05) is 6.04 Å². The van der Waals surface area contributed by atoms with Gasteiger partial charge in [-0.1, -0.05) is 13.8 Å². The summed E-state index contributed by atoms with van der Waals surface area (Å²) in [5, 5.41) is 4.93. The van der Waals surface area contributed by atoms with Crippen molar-refractivity contribution in [3.63, 3.8) is 0 Å². The Morgan fingerprint density at radius 3 is 2.20 bits per heavy atom. The van der Waals surface area contributed by atoms with Crippen molar-refractivity contribution in [1.29, 1.82) is 0 Å². The van der Waals surface area contributed by atoms with Crippen LogP contribution in [-0.4, -0.2) is 38.7 Å². The first kappa shape index (κ1) is 14.9. The molecule has 0 aromatic carbocycles. The molecule has 4 nitrogen and oxygen atoms in total. The van der Waals surface area contributed by atoms with E-state index in [1.54, 1.807) is 0 Å². The van der Waals surface area contributed by atoms with Gasteiger partial charge in [0.05, 0.1) is 5.75 Å². The van der Waals surface area contributed by atoms with Crippen LogP contribution in [0.3, 0.4) is 0 Å². The van der Waals surface area contributed by atoms with Crippen molar-refractivity contribution in [1.82, 2.24) is 4.90 Å². The fraction of sp³-hybridized carbons (Fsp3) is 1.00. The normalized spacial score (nSPS) is 14.9. The van der Waals surface area contributed by atoms with E-state index < -0.39 is 10.0 Å². The van der Waals surface area contributed by atoms with Gasteiger partial charge in [-0.05, 0) is 39.3 Å². The molecule has 1 atom stereocenters. The molecule has 92 valence electrons. The number of nitrogens with zero attached hydrogens (tertiary/aromatic N) is 1. The van der Waals surface area contributed by atoms with Crippen LogP contribution in [0.25, 0.3) is 0 Å². The fourth-order valence-corrected chi connectivity index (χ4v) is 2.13. The van der Waals surface area contributed by atoms with E-state index in [4.69, 9.17) is 5.14 Å². The van der Waals surface area contributed by atoms with Gasteiger partial charge in [0.15, 0.2) is 0 Å². The second-order valence-corrected chi connectivity index (χ2v) is 6.41.